The van der Waals surface area contributed by atoms with Crippen molar-refractivity contribution in [3.05, 3.63) is 0 Å². The summed E-state index contributed by atoms with van der Waals surface area (Å²) >= 11 is 0. The third-order valence-electron chi connectivity index (χ3n) is 5.23. The Bertz CT molecular complexity index is 487. The average Bonchev–Trinajstić information content (AvgIpc) is 2.76. The molecular weight excluding hydrogens is 322 g/mol. The van der Waals surface area contributed by atoms with E-state index < -0.39 is 11.9 Å². The Kier molecular flexibility index (Phi) is 7.23. The first-order valence-electron chi connectivity index (χ1n) is 9.33. The fourth-order valence-corrected chi connectivity index (χ4v) is 3.83. The van der Waals surface area contributed by atoms with Crippen LogP contribution in [-0.4, -0.2) is 83.9 Å². The molecule has 1 aliphatic carbocycles. The second kappa shape index (κ2) is 9.17. The Morgan fingerprint density at radius 3 is 2.32 bits per heavy atom. The van der Waals surface area contributed by atoms with Crippen LogP contribution in [-0.2, 0) is 14.4 Å². The van der Waals surface area contributed by atoms with Gasteiger partial charge in [0.2, 0.25) is 11.8 Å². The summed E-state index contributed by atoms with van der Waals surface area (Å²) in [7, 11) is 3.77. The molecule has 1 N–H and O–H groups in total. The number of carboxylic acid groups (broad SMARTS) is 1. The Morgan fingerprint density at radius 1 is 1.12 bits per heavy atom. The lowest BCUT2D eigenvalue weighted by atomic mass is 10.1. The predicted octanol–water partition coefficient (Wildman–Crippen LogP) is 1.03. The van der Waals surface area contributed by atoms with Crippen LogP contribution in [0.15, 0.2) is 0 Å². The summed E-state index contributed by atoms with van der Waals surface area (Å²) in [4.78, 5) is 41.5. The van der Waals surface area contributed by atoms with E-state index in [0.717, 1.165) is 25.7 Å². The number of carbonyl (C=O) groups excluding carboxylic acids is 2. The Morgan fingerprint density at radius 2 is 1.76 bits per heavy atom. The van der Waals surface area contributed by atoms with Gasteiger partial charge in [-0.25, -0.2) is 0 Å². The zero-order chi connectivity index (χ0) is 18.4. The average molecular weight is 353 g/mol. The van der Waals surface area contributed by atoms with E-state index in [1.165, 1.54) is 17.7 Å². The largest absolute Gasteiger partial charge is 0.480 e. The molecule has 2 fully saturated rings. The van der Waals surface area contributed by atoms with Gasteiger partial charge in [0.15, 0.2) is 0 Å². The minimum atomic E-state index is -1.02. The fraction of sp³-hybridized carbons (Fsp3) is 0.833. The van der Waals surface area contributed by atoms with Gasteiger partial charge in [0.1, 0.15) is 6.54 Å². The Balaban J connectivity index is 1.99. The topological polar surface area (TPSA) is 81.2 Å². The van der Waals surface area contributed by atoms with Gasteiger partial charge in [0.25, 0.3) is 0 Å². The molecule has 0 bridgehead atoms. The van der Waals surface area contributed by atoms with Crippen LogP contribution in [0.3, 0.4) is 0 Å². The van der Waals surface area contributed by atoms with Crippen LogP contribution in [0, 0.1) is 5.92 Å². The molecule has 2 amide bonds. The maximum Gasteiger partial charge on any atom is 0.323 e. The van der Waals surface area contributed by atoms with Crippen LogP contribution >= 0.6 is 0 Å². The molecule has 2 rings (SSSR count). The van der Waals surface area contributed by atoms with Crippen molar-refractivity contribution in [3.8, 4) is 0 Å². The molecule has 0 aromatic carbocycles. The zero-order valence-electron chi connectivity index (χ0n) is 15.4. The molecule has 1 aliphatic heterocycles. The number of nitrogens with zero attached hydrogens (tertiary/aromatic N) is 3. The zero-order valence-corrected chi connectivity index (χ0v) is 15.4. The molecule has 142 valence electrons. The summed E-state index contributed by atoms with van der Waals surface area (Å²) in [6, 6.07) is 0.252. The molecule has 7 nitrogen and oxygen atoms in total. The van der Waals surface area contributed by atoms with Crippen LogP contribution < -0.4 is 0 Å². The molecule has 1 heterocycles. The van der Waals surface area contributed by atoms with Gasteiger partial charge in [-0.15, -0.1) is 0 Å². The van der Waals surface area contributed by atoms with Gasteiger partial charge in [-0.05, 0) is 26.9 Å². The minimum absolute atomic E-state index is 0.0492. The van der Waals surface area contributed by atoms with E-state index in [4.69, 9.17) is 5.11 Å². The van der Waals surface area contributed by atoms with E-state index in [2.05, 4.69) is 0 Å². The van der Waals surface area contributed by atoms with Crippen molar-refractivity contribution in [2.45, 2.75) is 51.0 Å². The molecule has 1 saturated carbocycles. The fourth-order valence-electron chi connectivity index (χ4n) is 3.83. The Labute approximate surface area is 149 Å². The third kappa shape index (κ3) is 5.70. The highest BCUT2D eigenvalue weighted by Gasteiger charge is 2.39. The molecule has 7 heteroatoms. The number of likely N-dealkylation sites (N-methyl/N-ethyl adjacent to an activating group) is 1. The number of carboxylic acids is 1. The SMILES string of the molecule is CN(C)CCN(CC(=O)O)C(=O)[C@@H]1CC(=O)N(C2CCCCCC2)C1. The standard InChI is InChI=1S/C18H31N3O4/c1-19(2)9-10-20(13-17(23)24)18(25)14-11-16(22)21(12-14)15-7-5-3-4-6-8-15/h14-15H,3-13H2,1-2H3,(H,23,24)/t14-/m1/s1. The second-order valence-electron chi connectivity index (χ2n) is 7.55. The molecule has 1 saturated heterocycles. The van der Waals surface area contributed by atoms with Gasteiger partial charge in [0.05, 0.1) is 5.92 Å². The molecule has 1 atom stereocenters. The molecule has 0 aromatic heterocycles. The van der Waals surface area contributed by atoms with Gasteiger partial charge in [-0.1, -0.05) is 25.7 Å². The van der Waals surface area contributed by atoms with Gasteiger partial charge in [-0.2, -0.15) is 0 Å². The maximum atomic E-state index is 12.8. The summed E-state index contributed by atoms with van der Waals surface area (Å²) in [5.74, 6) is -1.57. The van der Waals surface area contributed by atoms with Crippen LogP contribution in [0.25, 0.3) is 0 Å². The molecule has 0 aromatic rings. The van der Waals surface area contributed by atoms with E-state index in [0.29, 0.717) is 19.6 Å². The van der Waals surface area contributed by atoms with Gasteiger partial charge in [0, 0.05) is 32.1 Å². The smallest absolute Gasteiger partial charge is 0.323 e. The van der Waals surface area contributed by atoms with Crippen molar-refractivity contribution in [3.63, 3.8) is 0 Å². The van der Waals surface area contributed by atoms with E-state index >= 15 is 0 Å². The highest BCUT2D eigenvalue weighted by molar-refractivity contribution is 5.90. The van der Waals surface area contributed by atoms with Crippen LogP contribution in [0.4, 0.5) is 0 Å². The third-order valence-corrected chi connectivity index (χ3v) is 5.23. The molecule has 25 heavy (non-hydrogen) atoms. The van der Waals surface area contributed by atoms with Crippen LogP contribution in [0.5, 0.6) is 0 Å². The lowest BCUT2D eigenvalue weighted by molar-refractivity contribution is -0.146. The van der Waals surface area contributed by atoms with Crippen molar-refractivity contribution in [2.24, 2.45) is 5.92 Å². The highest BCUT2D eigenvalue weighted by Crippen LogP contribution is 2.28. The first kappa shape index (κ1) is 19.7. The minimum Gasteiger partial charge on any atom is -0.480 e. The molecule has 0 unspecified atom stereocenters. The van der Waals surface area contributed by atoms with E-state index in [-0.39, 0.29) is 30.8 Å². The normalized spacial score (nSPS) is 22.3. The summed E-state index contributed by atoms with van der Waals surface area (Å²) in [6.07, 6.45) is 6.98. The number of hydrogen-bond donors (Lipinski definition) is 1. The first-order valence-corrected chi connectivity index (χ1v) is 9.33. The number of likely N-dealkylation sites (tertiary alicyclic amines) is 1. The van der Waals surface area contributed by atoms with Crippen LogP contribution in [0.2, 0.25) is 0 Å². The van der Waals surface area contributed by atoms with Gasteiger partial charge >= 0.3 is 5.97 Å². The lowest BCUT2D eigenvalue weighted by Crippen LogP contribution is -2.44. The van der Waals surface area contributed by atoms with Crippen molar-refractivity contribution in [1.29, 1.82) is 0 Å². The van der Waals surface area contributed by atoms with Crippen LogP contribution in [0.1, 0.15) is 44.9 Å². The predicted molar refractivity (Wildman–Crippen MR) is 94.1 cm³/mol. The number of hydrogen-bond acceptors (Lipinski definition) is 4. The lowest BCUT2D eigenvalue weighted by Gasteiger charge is -2.28. The summed E-state index contributed by atoms with van der Waals surface area (Å²) in [5.41, 5.74) is 0. The summed E-state index contributed by atoms with van der Waals surface area (Å²) in [6.45, 7) is 1.11. The van der Waals surface area contributed by atoms with Gasteiger partial charge in [-0.3, -0.25) is 14.4 Å². The highest BCUT2D eigenvalue weighted by atomic mass is 16.4. The van der Waals surface area contributed by atoms with Crippen molar-refractivity contribution >= 4 is 17.8 Å². The summed E-state index contributed by atoms with van der Waals surface area (Å²) < 4.78 is 0. The van der Waals surface area contributed by atoms with E-state index in [9.17, 15) is 14.4 Å². The number of aliphatic carboxylic acids is 1. The molecule has 0 radical (unpaired) electrons. The van der Waals surface area contributed by atoms with Gasteiger partial charge < -0.3 is 19.8 Å². The maximum absolute atomic E-state index is 12.8. The first-order chi connectivity index (χ1) is 11.9. The van der Waals surface area contributed by atoms with Crippen molar-refractivity contribution in [1.82, 2.24) is 14.7 Å². The molecule has 0 spiro atoms. The second-order valence-corrected chi connectivity index (χ2v) is 7.55. The van der Waals surface area contributed by atoms with Crippen molar-refractivity contribution in [2.75, 3.05) is 40.3 Å². The molecular formula is C18H31N3O4. The van der Waals surface area contributed by atoms with Crippen molar-refractivity contribution < 1.29 is 19.5 Å². The van der Waals surface area contributed by atoms with E-state index in [1.54, 1.807) is 0 Å². The number of rotatable bonds is 7. The monoisotopic (exact) mass is 353 g/mol. The Hall–Kier alpha value is -1.63. The quantitative estimate of drug-likeness (QED) is 0.692. The molecule has 2 aliphatic rings. The van der Waals surface area contributed by atoms with E-state index in [1.807, 2.05) is 23.9 Å². The summed E-state index contributed by atoms with van der Waals surface area (Å²) in [5, 5.41) is 9.10. The number of amides is 2. The number of carbonyl (C=O) groups is 3.